The molecule has 1 unspecified atom stereocenters. The number of hydrogen-bond donors (Lipinski definition) is 1. The fourth-order valence-electron chi connectivity index (χ4n) is 2.71. The van der Waals surface area contributed by atoms with Crippen molar-refractivity contribution in [1.29, 1.82) is 0 Å². The van der Waals surface area contributed by atoms with E-state index in [0.29, 0.717) is 0 Å². The van der Waals surface area contributed by atoms with Gasteiger partial charge in [0.25, 0.3) is 0 Å². The van der Waals surface area contributed by atoms with Crippen molar-refractivity contribution in [2.24, 2.45) is 11.7 Å². The molecule has 22 heavy (non-hydrogen) atoms. The van der Waals surface area contributed by atoms with Crippen LogP contribution in [0, 0.1) is 5.92 Å². The minimum atomic E-state index is 0.148. The maximum atomic E-state index is 6.01. The molecule has 0 aromatic heterocycles. The van der Waals surface area contributed by atoms with Crippen LogP contribution in [0.25, 0.3) is 0 Å². The van der Waals surface area contributed by atoms with Gasteiger partial charge >= 0.3 is 0 Å². The van der Waals surface area contributed by atoms with Gasteiger partial charge in [-0.15, -0.1) is 0 Å². The van der Waals surface area contributed by atoms with E-state index in [-0.39, 0.29) is 6.04 Å². The summed E-state index contributed by atoms with van der Waals surface area (Å²) in [4.78, 5) is 0. The fraction of sp³-hybridized carbons (Fsp3) is 0.400. The van der Waals surface area contributed by atoms with Crippen LogP contribution in [0.4, 0.5) is 0 Å². The molecule has 2 N–H and O–H groups in total. The van der Waals surface area contributed by atoms with Crippen LogP contribution in [0.3, 0.4) is 0 Å². The number of hydrogen-bond acceptors (Lipinski definition) is 2. The largest absolute Gasteiger partial charge is 0.493 e. The maximum absolute atomic E-state index is 6.01. The van der Waals surface area contributed by atoms with Crippen LogP contribution in [-0.4, -0.2) is 12.6 Å². The molecule has 2 heteroatoms. The van der Waals surface area contributed by atoms with Gasteiger partial charge in [-0.1, -0.05) is 42.5 Å². The molecule has 1 atom stereocenters. The monoisotopic (exact) mass is 295 g/mol. The summed E-state index contributed by atoms with van der Waals surface area (Å²) in [5, 5.41) is 0. The quantitative estimate of drug-likeness (QED) is 0.839. The Morgan fingerprint density at radius 1 is 1.09 bits per heavy atom. The van der Waals surface area contributed by atoms with E-state index in [1.807, 2.05) is 0 Å². The summed E-state index contributed by atoms with van der Waals surface area (Å²) in [7, 11) is 0. The molecule has 0 saturated heterocycles. The Bertz CT molecular complexity index is 602. The zero-order valence-electron chi connectivity index (χ0n) is 13.3. The van der Waals surface area contributed by atoms with E-state index in [1.54, 1.807) is 0 Å². The molecule has 0 bridgehead atoms. The highest BCUT2D eigenvalue weighted by molar-refractivity contribution is 5.39. The third kappa shape index (κ3) is 4.35. The summed E-state index contributed by atoms with van der Waals surface area (Å²) in [6, 6.07) is 17.3. The molecule has 1 aliphatic carbocycles. The predicted molar refractivity (Wildman–Crippen MR) is 91.3 cm³/mol. The lowest BCUT2D eigenvalue weighted by atomic mass is 9.99. The van der Waals surface area contributed by atoms with Crippen molar-refractivity contribution in [2.45, 2.75) is 38.6 Å². The average Bonchev–Trinajstić information content (AvgIpc) is 3.31. The lowest BCUT2D eigenvalue weighted by molar-refractivity contribution is 0.296. The lowest BCUT2D eigenvalue weighted by Gasteiger charge is -2.15. The Balaban J connectivity index is 1.76. The fourth-order valence-corrected chi connectivity index (χ4v) is 2.71. The van der Waals surface area contributed by atoms with Crippen LogP contribution in [0.5, 0.6) is 5.75 Å². The van der Waals surface area contributed by atoms with E-state index in [1.165, 1.54) is 29.5 Å². The van der Waals surface area contributed by atoms with Gasteiger partial charge in [0.15, 0.2) is 0 Å². The normalized spacial score (nSPS) is 15.5. The second kappa shape index (κ2) is 6.97. The van der Waals surface area contributed by atoms with Crippen molar-refractivity contribution in [3.8, 4) is 5.75 Å². The van der Waals surface area contributed by atoms with Crippen LogP contribution in [0.2, 0.25) is 0 Å². The molecule has 0 spiro atoms. The average molecular weight is 295 g/mol. The van der Waals surface area contributed by atoms with Gasteiger partial charge in [0, 0.05) is 6.04 Å². The Labute approximate surface area is 133 Å². The van der Waals surface area contributed by atoms with Gasteiger partial charge in [-0.25, -0.2) is 0 Å². The first-order chi connectivity index (χ1) is 10.7. The van der Waals surface area contributed by atoms with Crippen LogP contribution in [0.15, 0.2) is 48.5 Å². The molecule has 3 rings (SSSR count). The Morgan fingerprint density at radius 3 is 2.55 bits per heavy atom. The molecule has 2 aromatic carbocycles. The summed E-state index contributed by atoms with van der Waals surface area (Å²) < 4.78 is 6.01. The Morgan fingerprint density at radius 2 is 1.86 bits per heavy atom. The van der Waals surface area contributed by atoms with Crippen molar-refractivity contribution in [3.63, 3.8) is 0 Å². The molecule has 116 valence electrons. The zero-order chi connectivity index (χ0) is 15.4. The highest BCUT2D eigenvalue weighted by atomic mass is 16.5. The van der Waals surface area contributed by atoms with Crippen LogP contribution < -0.4 is 10.5 Å². The van der Waals surface area contributed by atoms with Gasteiger partial charge in [-0.3, -0.25) is 0 Å². The lowest BCUT2D eigenvalue weighted by Crippen LogP contribution is -2.18. The van der Waals surface area contributed by atoms with Gasteiger partial charge in [0.05, 0.1) is 6.61 Å². The summed E-state index contributed by atoms with van der Waals surface area (Å²) in [6.07, 6.45) is 4.45. The number of nitrogens with two attached hydrogens (primary N) is 1. The van der Waals surface area contributed by atoms with E-state index in [4.69, 9.17) is 10.5 Å². The van der Waals surface area contributed by atoms with E-state index < -0.39 is 0 Å². The first kappa shape index (κ1) is 15.1. The molecule has 1 fully saturated rings. The van der Waals surface area contributed by atoms with Gasteiger partial charge in [-0.2, -0.15) is 0 Å². The van der Waals surface area contributed by atoms with Crippen LogP contribution in [-0.2, 0) is 12.8 Å². The molecule has 2 aromatic rings. The van der Waals surface area contributed by atoms with Gasteiger partial charge < -0.3 is 10.5 Å². The number of ether oxygens (including phenoxy) is 1. The van der Waals surface area contributed by atoms with Gasteiger partial charge in [-0.05, 0) is 61.3 Å². The molecule has 2 nitrogen and oxygen atoms in total. The molecule has 0 aliphatic heterocycles. The van der Waals surface area contributed by atoms with Crippen molar-refractivity contribution in [3.05, 3.63) is 65.2 Å². The van der Waals surface area contributed by atoms with Crippen molar-refractivity contribution in [1.82, 2.24) is 0 Å². The number of rotatable bonds is 7. The first-order valence-electron chi connectivity index (χ1n) is 8.25. The van der Waals surface area contributed by atoms with E-state index in [2.05, 4.69) is 55.5 Å². The third-order valence-electron chi connectivity index (χ3n) is 4.09. The summed E-state index contributed by atoms with van der Waals surface area (Å²) in [6.45, 7) is 2.90. The SMILES string of the molecule is CC(N)Cc1cc(Cc2ccccc2)ccc1OCC1CC1. The van der Waals surface area contributed by atoms with Gasteiger partial charge in [0.2, 0.25) is 0 Å². The minimum absolute atomic E-state index is 0.148. The minimum Gasteiger partial charge on any atom is -0.493 e. The van der Waals surface area contributed by atoms with E-state index >= 15 is 0 Å². The highest BCUT2D eigenvalue weighted by Gasteiger charge is 2.22. The standard InChI is InChI=1S/C20H25NO/c1-15(21)11-19-13-18(12-16-5-3-2-4-6-16)9-10-20(19)22-14-17-7-8-17/h2-6,9-10,13,15,17H,7-8,11-12,14,21H2,1H3. The van der Waals surface area contributed by atoms with Crippen molar-refractivity contribution >= 4 is 0 Å². The second-order valence-corrected chi connectivity index (χ2v) is 6.54. The molecular formula is C20H25NO. The first-order valence-corrected chi connectivity index (χ1v) is 8.25. The number of benzene rings is 2. The van der Waals surface area contributed by atoms with Crippen LogP contribution in [0.1, 0.15) is 36.5 Å². The summed E-state index contributed by atoms with van der Waals surface area (Å²) in [5.41, 5.74) is 9.90. The Hall–Kier alpha value is -1.80. The third-order valence-corrected chi connectivity index (χ3v) is 4.09. The highest BCUT2D eigenvalue weighted by Crippen LogP contribution is 2.31. The predicted octanol–water partition coefficient (Wildman–Crippen LogP) is 3.96. The molecule has 0 heterocycles. The van der Waals surface area contributed by atoms with Crippen LogP contribution >= 0.6 is 0 Å². The summed E-state index contributed by atoms with van der Waals surface area (Å²) >= 11 is 0. The van der Waals surface area contributed by atoms with E-state index in [0.717, 1.165) is 31.1 Å². The molecule has 1 saturated carbocycles. The smallest absolute Gasteiger partial charge is 0.122 e. The van der Waals surface area contributed by atoms with E-state index in [9.17, 15) is 0 Å². The van der Waals surface area contributed by atoms with Gasteiger partial charge in [0.1, 0.15) is 5.75 Å². The second-order valence-electron chi connectivity index (χ2n) is 6.54. The van der Waals surface area contributed by atoms with Crippen molar-refractivity contribution < 1.29 is 4.74 Å². The topological polar surface area (TPSA) is 35.2 Å². The molecule has 0 radical (unpaired) electrons. The van der Waals surface area contributed by atoms with Crippen molar-refractivity contribution in [2.75, 3.05) is 6.61 Å². The Kier molecular flexibility index (Phi) is 4.79. The zero-order valence-corrected chi connectivity index (χ0v) is 13.3. The maximum Gasteiger partial charge on any atom is 0.122 e. The molecule has 0 amide bonds. The molecule has 1 aliphatic rings. The summed E-state index contributed by atoms with van der Waals surface area (Å²) in [5.74, 6) is 1.79. The molecular weight excluding hydrogens is 270 g/mol.